The molecule has 2 unspecified atom stereocenters. The Hall–Kier alpha value is -1.56. The van der Waals surface area contributed by atoms with Crippen molar-refractivity contribution in [2.45, 2.75) is 51.2 Å². The van der Waals surface area contributed by atoms with E-state index in [0.717, 1.165) is 24.1 Å². The predicted molar refractivity (Wildman–Crippen MR) is 115 cm³/mol. The number of hydrogen-bond acceptors (Lipinski definition) is 3. The molecule has 154 valence electrons. The van der Waals surface area contributed by atoms with E-state index in [-0.39, 0.29) is 36.6 Å². The fraction of sp³-hybridized carbons (Fsp3) is 0.524. The standard InChI is InChI=1S/C21H28N4O.2ClH/c22-20-16-7-4-8-17(20)12-18(11-16)21(26)25(14-19-9-10-23-24-19)13-15-5-2-1-3-6-15;;/h1-3,5-6,9-10,16-18,20H,4,7-8,11-14,22H2,(H,23,24);2*1H. The molecule has 7 heteroatoms. The van der Waals surface area contributed by atoms with Gasteiger partial charge in [-0.05, 0) is 49.1 Å². The summed E-state index contributed by atoms with van der Waals surface area (Å²) in [5.74, 6) is 1.41. The lowest BCUT2D eigenvalue weighted by Crippen LogP contribution is -2.49. The molecule has 28 heavy (non-hydrogen) atoms. The van der Waals surface area contributed by atoms with Crippen LogP contribution in [0.15, 0.2) is 42.6 Å². The maximum absolute atomic E-state index is 13.4. The molecule has 0 aliphatic heterocycles. The highest BCUT2D eigenvalue weighted by Crippen LogP contribution is 2.42. The van der Waals surface area contributed by atoms with Crippen molar-refractivity contribution in [2.75, 3.05) is 0 Å². The average molecular weight is 425 g/mol. The molecule has 4 rings (SSSR count). The summed E-state index contributed by atoms with van der Waals surface area (Å²) in [6.07, 6.45) is 7.27. The molecule has 2 bridgehead atoms. The molecule has 1 aromatic heterocycles. The van der Waals surface area contributed by atoms with Gasteiger partial charge in [-0.15, -0.1) is 24.8 Å². The van der Waals surface area contributed by atoms with E-state index in [1.807, 2.05) is 29.2 Å². The number of hydrogen-bond donors (Lipinski definition) is 2. The maximum atomic E-state index is 13.4. The van der Waals surface area contributed by atoms with E-state index in [9.17, 15) is 4.79 Å². The number of benzene rings is 1. The van der Waals surface area contributed by atoms with Crippen LogP contribution in [0.1, 0.15) is 43.4 Å². The van der Waals surface area contributed by atoms with Crippen LogP contribution < -0.4 is 5.73 Å². The van der Waals surface area contributed by atoms with Gasteiger partial charge in [0.05, 0.1) is 12.2 Å². The molecule has 0 radical (unpaired) electrons. The molecular formula is C21H30Cl2N4O. The SMILES string of the molecule is Cl.Cl.NC1C2CCCC1CC(C(=O)N(Cc1ccccc1)Cc1ccn[nH]1)C2. The van der Waals surface area contributed by atoms with Crippen LogP contribution in [0.2, 0.25) is 0 Å². The number of fused-ring (bicyclic) bond motifs is 2. The normalized spacial score (nSPS) is 25.9. The third-order valence-electron chi connectivity index (χ3n) is 6.21. The van der Waals surface area contributed by atoms with E-state index < -0.39 is 0 Å². The summed E-state index contributed by atoms with van der Waals surface area (Å²) < 4.78 is 0. The predicted octanol–water partition coefficient (Wildman–Crippen LogP) is 3.94. The summed E-state index contributed by atoms with van der Waals surface area (Å²) in [6, 6.07) is 12.5. The van der Waals surface area contributed by atoms with Crippen molar-refractivity contribution in [2.24, 2.45) is 23.5 Å². The van der Waals surface area contributed by atoms with Gasteiger partial charge in [0.15, 0.2) is 0 Å². The third kappa shape index (κ3) is 5.07. The van der Waals surface area contributed by atoms with E-state index in [4.69, 9.17) is 5.73 Å². The molecule has 2 aliphatic carbocycles. The van der Waals surface area contributed by atoms with Gasteiger partial charge in [-0.1, -0.05) is 36.8 Å². The van der Waals surface area contributed by atoms with Crippen molar-refractivity contribution in [1.82, 2.24) is 15.1 Å². The Morgan fingerprint density at radius 3 is 2.36 bits per heavy atom. The number of carbonyl (C=O) groups is 1. The number of halogens is 2. The highest BCUT2D eigenvalue weighted by Gasteiger charge is 2.41. The van der Waals surface area contributed by atoms with Crippen LogP contribution in [0.25, 0.3) is 0 Å². The van der Waals surface area contributed by atoms with Crippen LogP contribution in [0, 0.1) is 17.8 Å². The highest BCUT2D eigenvalue weighted by atomic mass is 35.5. The van der Waals surface area contributed by atoms with Crippen LogP contribution >= 0.6 is 24.8 Å². The second-order valence-corrected chi connectivity index (χ2v) is 7.96. The van der Waals surface area contributed by atoms with Crippen LogP contribution in [0.4, 0.5) is 0 Å². The maximum Gasteiger partial charge on any atom is 0.226 e. The van der Waals surface area contributed by atoms with Gasteiger partial charge >= 0.3 is 0 Å². The Morgan fingerprint density at radius 2 is 1.75 bits per heavy atom. The number of aromatic nitrogens is 2. The molecule has 1 amide bonds. The zero-order chi connectivity index (χ0) is 17.9. The Morgan fingerprint density at radius 1 is 1.07 bits per heavy atom. The van der Waals surface area contributed by atoms with E-state index in [1.165, 1.54) is 19.3 Å². The fourth-order valence-electron chi connectivity index (χ4n) is 4.84. The number of carbonyl (C=O) groups excluding carboxylic acids is 1. The lowest BCUT2D eigenvalue weighted by Gasteiger charge is -2.44. The molecule has 3 N–H and O–H groups in total. The first-order chi connectivity index (χ1) is 12.7. The Labute approximate surface area is 179 Å². The smallest absolute Gasteiger partial charge is 0.226 e. The van der Waals surface area contributed by atoms with Gasteiger partial charge in [-0.3, -0.25) is 9.89 Å². The van der Waals surface area contributed by atoms with Crippen molar-refractivity contribution >= 4 is 30.7 Å². The van der Waals surface area contributed by atoms with E-state index in [2.05, 4.69) is 22.3 Å². The summed E-state index contributed by atoms with van der Waals surface area (Å²) in [6.45, 7) is 1.21. The highest BCUT2D eigenvalue weighted by molar-refractivity contribution is 5.85. The number of amides is 1. The van der Waals surface area contributed by atoms with E-state index >= 15 is 0 Å². The zero-order valence-electron chi connectivity index (χ0n) is 16.0. The van der Waals surface area contributed by atoms with Crippen molar-refractivity contribution < 1.29 is 4.79 Å². The number of nitrogens with one attached hydrogen (secondary N) is 1. The van der Waals surface area contributed by atoms with Crippen LogP contribution in [-0.2, 0) is 17.9 Å². The third-order valence-corrected chi connectivity index (χ3v) is 6.21. The van der Waals surface area contributed by atoms with Gasteiger partial charge in [-0.25, -0.2) is 0 Å². The van der Waals surface area contributed by atoms with Crippen molar-refractivity contribution in [1.29, 1.82) is 0 Å². The molecule has 2 saturated carbocycles. The molecule has 1 aromatic carbocycles. The molecule has 5 nitrogen and oxygen atoms in total. The fourth-order valence-corrected chi connectivity index (χ4v) is 4.84. The molecule has 2 aromatic rings. The minimum absolute atomic E-state index is 0. The van der Waals surface area contributed by atoms with Crippen LogP contribution in [0.5, 0.6) is 0 Å². The van der Waals surface area contributed by atoms with Crippen LogP contribution in [-0.4, -0.2) is 27.0 Å². The summed E-state index contributed by atoms with van der Waals surface area (Å²) >= 11 is 0. The first-order valence-corrected chi connectivity index (χ1v) is 9.77. The lowest BCUT2D eigenvalue weighted by atomic mass is 9.65. The summed E-state index contributed by atoms with van der Waals surface area (Å²) in [4.78, 5) is 15.4. The zero-order valence-corrected chi connectivity index (χ0v) is 17.6. The van der Waals surface area contributed by atoms with Crippen molar-refractivity contribution in [3.05, 3.63) is 53.9 Å². The quantitative estimate of drug-likeness (QED) is 0.762. The van der Waals surface area contributed by atoms with E-state index in [1.54, 1.807) is 6.20 Å². The lowest BCUT2D eigenvalue weighted by molar-refractivity contribution is -0.140. The molecule has 2 atom stereocenters. The Kier molecular flexibility index (Phi) is 8.35. The van der Waals surface area contributed by atoms with E-state index in [0.29, 0.717) is 31.0 Å². The van der Waals surface area contributed by atoms with Gasteiger partial charge in [-0.2, -0.15) is 5.10 Å². The van der Waals surface area contributed by atoms with Gasteiger partial charge in [0.2, 0.25) is 5.91 Å². The minimum atomic E-state index is 0. The number of rotatable bonds is 5. The van der Waals surface area contributed by atoms with Crippen LogP contribution in [0.3, 0.4) is 0 Å². The molecule has 0 saturated heterocycles. The number of H-pyrrole nitrogens is 1. The summed E-state index contributed by atoms with van der Waals surface area (Å²) in [7, 11) is 0. The topological polar surface area (TPSA) is 75.0 Å². The average Bonchev–Trinajstić information content (AvgIpc) is 3.14. The molecule has 2 aliphatic rings. The van der Waals surface area contributed by atoms with Crippen molar-refractivity contribution in [3.63, 3.8) is 0 Å². The number of nitrogens with two attached hydrogens (primary N) is 1. The molecule has 1 heterocycles. The summed E-state index contributed by atoms with van der Waals surface area (Å²) in [5.41, 5.74) is 8.55. The second kappa shape index (κ2) is 10.3. The first-order valence-electron chi connectivity index (χ1n) is 9.77. The molecule has 2 fully saturated rings. The first kappa shape index (κ1) is 22.7. The molecule has 0 spiro atoms. The minimum Gasteiger partial charge on any atom is -0.332 e. The van der Waals surface area contributed by atoms with Gasteiger partial charge in [0.1, 0.15) is 0 Å². The second-order valence-electron chi connectivity index (χ2n) is 7.96. The monoisotopic (exact) mass is 424 g/mol. The van der Waals surface area contributed by atoms with Crippen molar-refractivity contribution in [3.8, 4) is 0 Å². The van der Waals surface area contributed by atoms with Gasteiger partial charge in [0, 0.05) is 24.7 Å². The summed E-state index contributed by atoms with van der Waals surface area (Å²) in [5, 5.41) is 7.03. The Bertz CT molecular complexity index is 711. The van der Waals surface area contributed by atoms with Gasteiger partial charge in [0.25, 0.3) is 0 Å². The molecular weight excluding hydrogens is 395 g/mol. The largest absolute Gasteiger partial charge is 0.332 e. The number of aromatic amines is 1. The Balaban J connectivity index is 0.00000140. The van der Waals surface area contributed by atoms with Gasteiger partial charge < -0.3 is 10.6 Å². The number of nitrogens with zero attached hydrogens (tertiary/aromatic N) is 2.